The second-order valence-electron chi connectivity index (χ2n) is 3.12. The van der Waals surface area contributed by atoms with E-state index >= 15 is 0 Å². The van der Waals surface area contributed by atoms with Crippen LogP contribution in [0.3, 0.4) is 0 Å². The molecule has 1 unspecified atom stereocenters. The molecule has 0 bridgehead atoms. The Morgan fingerprint density at radius 3 is 2.60 bits per heavy atom. The predicted octanol–water partition coefficient (Wildman–Crippen LogP) is -1.19. The van der Waals surface area contributed by atoms with Gasteiger partial charge in [-0.25, -0.2) is 4.98 Å². The third kappa shape index (κ3) is 2.96. The summed E-state index contributed by atoms with van der Waals surface area (Å²) in [7, 11) is 4.95. The van der Waals surface area contributed by atoms with Gasteiger partial charge in [0.15, 0.2) is 6.29 Å². The third-order valence-corrected chi connectivity index (χ3v) is 2.21. The van der Waals surface area contributed by atoms with Gasteiger partial charge in [-0.05, 0) is 0 Å². The van der Waals surface area contributed by atoms with E-state index in [1.807, 2.05) is 7.05 Å². The molecule has 0 radical (unpaired) electrons. The van der Waals surface area contributed by atoms with Crippen LogP contribution in [-0.2, 0) is 22.9 Å². The van der Waals surface area contributed by atoms with Crippen LogP contribution in [0.5, 0.6) is 0 Å². The summed E-state index contributed by atoms with van der Waals surface area (Å²) in [6.07, 6.45) is 1.67. The average Bonchev–Trinajstić information content (AvgIpc) is 2.64. The minimum absolute atomic E-state index is 0.164. The average molecular weight is 215 g/mol. The van der Waals surface area contributed by atoms with Crippen molar-refractivity contribution >= 4 is 0 Å². The Morgan fingerprint density at radius 1 is 1.53 bits per heavy atom. The van der Waals surface area contributed by atoms with E-state index in [0.29, 0.717) is 6.42 Å². The zero-order chi connectivity index (χ0) is 11.3. The summed E-state index contributed by atoms with van der Waals surface area (Å²) in [5.74, 6) is 6.24. The van der Waals surface area contributed by atoms with Crippen molar-refractivity contribution in [3.8, 4) is 0 Å². The standard InChI is InChI=1S/C8H17N5O2/c1-13-7(10-5-11-13)4-6(12-9)8(14-2)15-3/h5-6,8,12H,4,9H2,1-3H3. The zero-order valence-corrected chi connectivity index (χ0v) is 9.17. The molecule has 1 atom stereocenters. The van der Waals surface area contributed by atoms with E-state index in [1.54, 1.807) is 18.9 Å². The monoisotopic (exact) mass is 215 g/mol. The van der Waals surface area contributed by atoms with Crippen LogP contribution in [0.2, 0.25) is 0 Å². The van der Waals surface area contributed by atoms with Gasteiger partial charge in [0.1, 0.15) is 12.2 Å². The first-order chi connectivity index (χ1) is 7.22. The maximum Gasteiger partial charge on any atom is 0.173 e. The summed E-state index contributed by atoms with van der Waals surface area (Å²) in [6, 6.07) is -0.164. The molecule has 15 heavy (non-hydrogen) atoms. The number of nitrogens with zero attached hydrogens (tertiary/aromatic N) is 3. The summed E-state index contributed by atoms with van der Waals surface area (Å²) < 4.78 is 11.9. The Morgan fingerprint density at radius 2 is 2.20 bits per heavy atom. The number of nitrogens with two attached hydrogens (primary N) is 1. The minimum atomic E-state index is -0.410. The van der Waals surface area contributed by atoms with Crippen LogP contribution in [0.25, 0.3) is 0 Å². The van der Waals surface area contributed by atoms with Crippen molar-refractivity contribution in [3.05, 3.63) is 12.2 Å². The van der Waals surface area contributed by atoms with E-state index < -0.39 is 6.29 Å². The Balaban J connectivity index is 2.64. The van der Waals surface area contributed by atoms with Crippen LogP contribution in [0.15, 0.2) is 6.33 Å². The summed E-state index contributed by atoms with van der Waals surface area (Å²) in [5, 5.41) is 3.97. The van der Waals surface area contributed by atoms with Gasteiger partial charge >= 0.3 is 0 Å². The molecule has 0 saturated carbocycles. The number of methoxy groups -OCH3 is 2. The van der Waals surface area contributed by atoms with Crippen LogP contribution in [0.1, 0.15) is 5.82 Å². The smallest absolute Gasteiger partial charge is 0.173 e. The third-order valence-electron chi connectivity index (χ3n) is 2.21. The molecule has 1 rings (SSSR count). The van der Waals surface area contributed by atoms with Crippen LogP contribution in [0, 0.1) is 0 Å². The summed E-state index contributed by atoms with van der Waals surface area (Å²) in [6.45, 7) is 0. The van der Waals surface area contributed by atoms with E-state index in [9.17, 15) is 0 Å². The van der Waals surface area contributed by atoms with Gasteiger partial charge in [-0.15, -0.1) is 0 Å². The summed E-state index contributed by atoms with van der Waals surface area (Å²) >= 11 is 0. The lowest BCUT2D eigenvalue weighted by molar-refractivity contribution is -0.123. The van der Waals surface area contributed by atoms with Gasteiger partial charge in [0.25, 0.3) is 0 Å². The number of hydrogen-bond acceptors (Lipinski definition) is 6. The number of aromatic nitrogens is 3. The molecule has 0 fully saturated rings. The van der Waals surface area contributed by atoms with Gasteiger partial charge < -0.3 is 9.47 Å². The quantitative estimate of drug-likeness (QED) is 0.352. The molecule has 86 valence electrons. The molecule has 3 N–H and O–H groups in total. The first-order valence-corrected chi connectivity index (χ1v) is 4.57. The molecule has 0 aliphatic rings. The maximum absolute atomic E-state index is 5.42. The number of rotatable bonds is 6. The highest BCUT2D eigenvalue weighted by atomic mass is 16.7. The van der Waals surface area contributed by atoms with Gasteiger partial charge in [-0.2, -0.15) is 5.10 Å². The zero-order valence-electron chi connectivity index (χ0n) is 9.17. The van der Waals surface area contributed by atoms with Gasteiger partial charge in [0.05, 0.1) is 6.04 Å². The van der Waals surface area contributed by atoms with Crippen molar-refractivity contribution in [2.45, 2.75) is 18.8 Å². The SMILES string of the molecule is COC(OC)C(Cc1ncnn1C)NN. The lowest BCUT2D eigenvalue weighted by Gasteiger charge is -2.23. The highest BCUT2D eigenvalue weighted by Gasteiger charge is 2.21. The van der Waals surface area contributed by atoms with Crippen molar-refractivity contribution in [1.29, 1.82) is 0 Å². The fourth-order valence-corrected chi connectivity index (χ4v) is 1.36. The van der Waals surface area contributed by atoms with Gasteiger partial charge in [0.2, 0.25) is 0 Å². The lowest BCUT2D eigenvalue weighted by atomic mass is 10.2. The van der Waals surface area contributed by atoms with Crippen molar-refractivity contribution in [2.24, 2.45) is 12.9 Å². The Kier molecular flexibility index (Phi) is 4.63. The molecule has 0 aromatic carbocycles. The first-order valence-electron chi connectivity index (χ1n) is 4.57. The van der Waals surface area contributed by atoms with Gasteiger partial charge in [-0.3, -0.25) is 16.0 Å². The van der Waals surface area contributed by atoms with Gasteiger partial charge in [0, 0.05) is 27.7 Å². The summed E-state index contributed by atoms with van der Waals surface area (Å²) in [4.78, 5) is 4.10. The molecule has 0 saturated heterocycles. The van der Waals surface area contributed by atoms with E-state index in [1.165, 1.54) is 6.33 Å². The second-order valence-corrected chi connectivity index (χ2v) is 3.12. The topological polar surface area (TPSA) is 87.2 Å². The first kappa shape index (κ1) is 12.1. The molecular formula is C8H17N5O2. The number of nitrogens with one attached hydrogen (secondary N) is 1. The van der Waals surface area contributed by atoms with Crippen molar-refractivity contribution < 1.29 is 9.47 Å². The molecule has 0 aliphatic heterocycles. The molecular weight excluding hydrogens is 198 g/mol. The van der Waals surface area contributed by atoms with Crippen LogP contribution < -0.4 is 11.3 Å². The molecule has 0 aliphatic carbocycles. The van der Waals surface area contributed by atoms with E-state index in [-0.39, 0.29) is 6.04 Å². The Bertz CT molecular complexity index is 286. The molecule has 1 aromatic heterocycles. The van der Waals surface area contributed by atoms with Crippen molar-refractivity contribution in [1.82, 2.24) is 20.2 Å². The fourth-order valence-electron chi connectivity index (χ4n) is 1.36. The molecule has 0 amide bonds. The fraction of sp³-hybridized carbons (Fsp3) is 0.750. The highest BCUT2D eigenvalue weighted by Crippen LogP contribution is 2.05. The number of hydrogen-bond donors (Lipinski definition) is 2. The second kappa shape index (κ2) is 5.76. The predicted molar refractivity (Wildman–Crippen MR) is 53.6 cm³/mol. The van der Waals surface area contributed by atoms with E-state index in [2.05, 4.69) is 15.5 Å². The molecule has 0 spiro atoms. The lowest BCUT2D eigenvalue weighted by Crippen LogP contribution is -2.47. The normalized spacial score (nSPS) is 13.4. The van der Waals surface area contributed by atoms with Crippen molar-refractivity contribution in [2.75, 3.05) is 14.2 Å². The van der Waals surface area contributed by atoms with E-state index in [0.717, 1.165) is 5.82 Å². The molecule has 1 aromatic rings. The Labute approximate surface area is 88.5 Å². The summed E-state index contributed by atoms with van der Waals surface area (Å²) in [5.41, 5.74) is 2.64. The largest absolute Gasteiger partial charge is 0.354 e. The molecule has 7 heteroatoms. The highest BCUT2D eigenvalue weighted by molar-refractivity contribution is 4.89. The number of ether oxygens (including phenoxy) is 2. The maximum atomic E-state index is 5.42. The van der Waals surface area contributed by atoms with E-state index in [4.69, 9.17) is 15.3 Å². The van der Waals surface area contributed by atoms with Gasteiger partial charge in [-0.1, -0.05) is 0 Å². The molecule has 1 heterocycles. The van der Waals surface area contributed by atoms with Crippen LogP contribution in [0.4, 0.5) is 0 Å². The van der Waals surface area contributed by atoms with Crippen molar-refractivity contribution in [3.63, 3.8) is 0 Å². The van der Waals surface area contributed by atoms with Crippen LogP contribution >= 0.6 is 0 Å². The van der Waals surface area contributed by atoms with Crippen LogP contribution in [-0.4, -0.2) is 41.3 Å². The number of hydrazine groups is 1. The Hall–Kier alpha value is -1.02. The minimum Gasteiger partial charge on any atom is -0.354 e. The number of aryl methyl sites for hydroxylation is 1. The molecule has 7 nitrogen and oxygen atoms in total.